The van der Waals surface area contributed by atoms with Crippen LogP contribution in [0.1, 0.15) is 12.8 Å². The van der Waals surface area contributed by atoms with Crippen molar-refractivity contribution in [2.24, 2.45) is 11.8 Å². The third-order valence-electron chi connectivity index (χ3n) is 3.43. The van der Waals surface area contributed by atoms with Gasteiger partial charge in [-0.15, -0.1) is 0 Å². The number of rotatable bonds is 5. The molecular weight excluding hydrogens is 303 g/mol. The van der Waals surface area contributed by atoms with Crippen LogP contribution in [0.25, 0.3) is 0 Å². The van der Waals surface area contributed by atoms with Gasteiger partial charge in [0.15, 0.2) is 6.61 Å². The van der Waals surface area contributed by atoms with Crippen molar-refractivity contribution in [3.63, 3.8) is 0 Å². The Morgan fingerprint density at radius 3 is 2.50 bits per heavy atom. The molecule has 22 heavy (non-hydrogen) atoms. The molecule has 2 N–H and O–H groups in total. The van der Waals surface area contributed by atoms with E-state index in [2.05, 4.69) is 10.1 Å². The Balaban J connectivity index is 1.95. The largest absolute Gasteiger partial charge is 0.484 e. The fourth-order valence-corrected chi connectivity index (χ4v) is 2.17. The van der Waals surface area contributed by atoms with E-state index < -0.39 is 36.5 Å². The Hall–Kier alpha value is -2.25. The number of hydrogen-bond donors (Lipinski definition) is 2. The molecule has 1 aromatic carbocycles. The number of carbonyl (C=O) groups is 2. The quantitative estimate of drug-likeness (QED) is 0.875. The normalized spacial score (nSPS) is 20.9. The van der Waals surface area contributed by atoms with Crippen molar-refractivity contribution in [2.45, 2.75) is 19.0 Å². The molecule has 0 saturated heterocycles. The molecule has 2 rings (SSSR count). The van der Waals surface area contributed by atoms with E-state index in [1.165, 1.54) is 24.3 Å². The second kappa shape index (κ2) is 6.25. The molecule has 5 nitrogen and oxygen atoms in total. The summed E-state index contributed by atoms with van der Waals surface area (Å²) in [4.78, 5) is 22.8. The molecule has 1 aliphatic carbocycles. The van der Waals surface area contributed by atoms with Gasteiger partial charge in [0.05, 0.1) is 11.8 Å². The first-order chi connectivity index (χ1) is 10.3. The molecule has 1 amide bonds. The molecule has 1 fully saturated rings. The number of amides is 1. The zero-order chi connectivity index (χ0) is 16.3. The van der Waals surface area contributed by atoms with E-state index in [0.29, 0.717) is 12.8 Å². The molecule has 1 saturated carbocycles. The average Bonchev–Trinajstić information content (AvgIpc) is 2.33. The van der Waals surface area contributed by atoms with Crippen molar-refractivity contribution < 1.29 is 32.6 Å². The van der Waals surface area contributed by atoms with Crippen LogP contribution in [0, 0.1) is 11.8 Å². The topological polar surface area (TPSA) is 75.6 Å². The monoisotopic (exact) mass is 317 g/mol. The number of aliphatic carboxylic acids is 1. The van der Waals surface area contributed by atoms with Crippen LogP contribution in [0.5, 0.6) is 5.75 Å². The lowest BCUT2D eigenvalue weighted by atomic mass is 9.73. The molecule has 1 aliphatic rings. The lowest BCUT2D eigenvalue weighted by Gasteiger charge is -2.31. The van der Waals surface area contributed by atoms with Gasteiger partial charge in [0, 0.05) is 11.8 Å². The van der Waals surface area contributed by atoms with Crippen molar-refractivity contribution in [3.05, 3.63) is 24.3 Å². The summed E-state index contributed by atoms with van der Waals surface area (Å²) in [6, 6.07) is 5.53. The van der Waals surface area contributed by atoms with E-state index in [-0.39, 0.29) is 11.4 Å². The molecule has 0 heterocycles. The maximum Gasteiger partial charge on any atom is 0.422 e. The summed E-state index contributed by atoms with van der Waals surface area (Å²) in [5.41, 5.74) is 0.265. The van der Waals surface area contributed by atoms with Crippen LogP contribution in [-0.4, -0.2) is 29.8 Å². The molecule has 0 bridgehead atoms. The molecule has 0 radical (unpaired) electrons. The summed E-state index contributed by atoms with van der Waals surface area (Å²) in [5.74, 6) is -2.82. The van der Waals surface area contributed by atoms with Gasteiger partial charge in [-0.3, -0.25) is 9.59 Å². The van der Waals surface area contributed by atoms with Gasteiger partial charge in [0.25, 0.3) is 0 Å². The van der Waals surface area contributed by atoms with Gasteiger partial charge in [-0.2, -0.15) is 13.2 Å². The van der Waals surface area contributed by atoms with E-state index in [1.54, 1.807) is 0 Å². The summed E-state index contributed by atoms with van der Waals surface area (Å²) in [5, 5.41) is 11.4. The van der Waals surface area contributed by atoms with E-state index in [0.717, 1.165) is 0 Å². The summed E-state index contributed by atoms with van der Waals surface area (Å²) in [6.07, 6.45) is -3.52. The van der Waals surface area contributed by atoms with Gasteiger partial charge in [-0.05, 0) is 25.0 Å². The van der Waals surface area contributed by atoms with Crippen molar-refractivity contribution in [1.82, 2.24) is 0 Å². The zero-order valence-electron chi connectivity index (χ0n) is 11.4. The van der Waals surface area contributed by atoms with Crippen molar-refractivity contribution in [2.75, 3.05) is 11.9 Å². The van der Waals surface area contributed by atoms with Gasteiger partial charge < -0.3 is 15.2 Å². The van der Waals surface area contributed by atoms with Crippen LogP contribution in [-0.2, 0) is 9.59 Å². The van der Waals surface area contributed by atoms with Crippen LogP contribution >= 0.6 is 0 Å². The number of ether oxygens (including phenoxy) is 1. The first kappa shape index (κ1) is 16.1. The minimum Gasteiger partial charge on any atom is -0.484 e. The first-order valence-corrected chi connectivity index (χ1v) is 6.59. The molecule has 1 aromatic rings. The number of nitrogens with one attached hydrogen (secondary N) is 1. The highest BCUT2D eigenvalue weighted by Gasteiger charge is 2.41. The number of carbonyl (C=O) groups excluding carboxylic acids is 1. The minimum absolute atomic E-state index is 0.0291. The Labute approximate surface area is 124 Å². The molecule has 2 atom stereocenters. The Kier molecular flexibility index (Phi) is 4.58. The average molecular weight is 317 g/mol. The van der Waals surface area contributed by atoms with E-state index in [1.807, 2.05) is 0 Å². The highest BCUT2D eigenvalue weighted by atomic mass is 19.4. The second-order valence-electron chi connectivity index (χ2n) is 5.05. The summed E-state index contributed by atoms with van der Waals surface area (Å²) in [7, 11) is 0. The summed E-state index contributed by atoms with van der Waals surface area (Å²) >= 11 is 0. The lowest BCUT2D eigenvalue weighted by molar-refractivity contribution is -0.153. The Morgan fingerprint density at radius 1 is 1.27 bits per heavy atom. The second-order valence-corrected chi connectivity index (χ2v) is 5.05. The Bertz CT molecular complexity index is 573. The van der Waals surface area contributed by atoms with E-state index in [4.69, 9.17) is 5.11 Å². The van der Waals surface area contributed by atoms with Gasteiger partial charge in [0.2, 0.25) is 5.91 Å². The predicted molar refractivity (Wildman–Crippen MR) is 70.5 cm³/mol. The number of benzene rings is 1. The van der Waals surface area contributed by atoms with Gasteiger partial charge in [0.1, 0.15) is 5.75 Å². The number of hydrogen-bond acceptors (Lipinski definition) is 3. The number of alkyl halides is 3. The van der Waals surface area contributed by atoms with Crippen LogP contribution in [0.4, 0.5) is 18.9 Å². The molecular formula is C14H14F3NO4. The molecule has 0 aromatic heterocycles. The van der Waals surface area contributed by atoms with Crippen LogP contribution < -0.4 is 10.1 Å². The molecule has 0 spiro atoms. The number of carboxylic acid groups (broad SMARTS) is 1. The van der Waals surface area contributed by atoms with Crippen molar-refractivity contribution in [3.8, 4) is 5.75 Å². The summed E-state index contributed by atoms with van der Waals surface area (Å²) in [6.45, 7) is -1.42. The van der Waals surface area contributed by atoms with Gasteiger partial charge in [-0.1, -0.05) is 6.07 Å². The van der Waals surface area contributed by atoms with E-state index in [9.17, 15) is 22.8 Å². The van der Waals surface area contributed by atoms with Crippen LogP contribution in [0.2, 0.25) is 0 Å². The third-order valence-corrected chi connectivity index (χ3v) is 3.43. The number of anilines is 1. The number of halogens is 3. The van der Waals surface area contributed by atoms with Crippen molar-refractivity contribution >= 4 is 17.6 Å². The van der Waals surface area contributed by atoms with Crippen molar-refractivity contribution in [1.29, 1.82) is 0 Å². The third kappa shape index (κ3) is 4.12. The minimum atomic E-state index is -4.44. The molecule has 2 unspecified atom stereocenters. The zero-order valence-corrected chi connectivity index (χ0v) is 11.4. The molecule has 8 heteroatoms. The predicted octanol–water partition coefficient (Wildman–Crippen LogP) is 2.68. The maximum absolute atomic E-state index is 12.1. The fourth-order valence-electron chi connectivity index (χ4n) is 2.17. The number of carboxylic acids is 1. The SMILES string of the molecule is O=C(O)C1CCC1C(=O)Nc1cccc(OCC(F)(F)F)c1. The van der Waals surface area contributed by atoms with Crippen LogP contribution in [0.15, 0.2) is 24.3 Å². The smallest absolute Gasteiger partial charge is 0.422 e. The van der Waals surface area contributed by atoms with Crippen LogP contribution in [0.3, 0.4) is 0 Å². The highest BCUT2D eigenvalue weighted by Crippen LogP contribution is 2.35. The van der Waals surface area contributed by atoms with Gasteiger partial charge in [-0.25, -0.2) is 0 Å². The first-order valence-electron chi connectivity index (χ1n) is 6.59. The van der Waals surface area contributed by atoms with Gasteiger partial charge >= 0.3 is 12.1 Å². The molecule has 120 valence electrons. The Morgan fingerprint density at radius 2 is 1.95 bits per heavy atom. The van der Waals surface area contributed by atoms with E-state index >= 15 is 0 Å². The summed E-state index contributed by atoms with van der Waals surface area (Å²) < 4.78 is 40.8. The maximum atomic E-state index is 12.1. The molecule has 0 aliphatic heterocycles. The lowest BCUT2D eigenvalue weighted by Crippen LogP contribution is -2.41. The highest BCUT2D eigenvalue weighted by molar-refractivity contribution is 5.96. The fraction of sp³-hybridized carbons (Fsp3) is 0.429. The standard InChI is InChI=1S/C14H14F3NO4/c15-14(16,17)7-22-9-3-1-2-8(6-9)18-12(19)10-4-5-11(10)13(20)21/h1-3,6,10-11H,4-5,7H2,(H,18,19)(H,20,21).